The van der Waals surface area contributed by atoms with Gasteiger partial charge in [-0.3, -0.25) is 4.84 Å². The normalized spacial score (nSPS) is 28.5. The van der Waals surface area contributed by atoms with Gasteiger partial charge < -0.3 is 0 Å². The third-order valence-corrected chi connectivity index (χ3v) is 2.07. The molecule has 2 unspecified atom stereocenters. The molecular weight excluding hydrogens is 162 g/mol. The van der Waals surface area contributed by atoms with Crippen molar-refractivity contribution in [1.29, 1.82) is 0 Å². The Labute approximate surface area is 70.3 Å². The van der Waals surface area contributed by atoms with Crippen molar-refractivity contribution < 1.29 is 4.84 Å². The van der Waals surface area contributed by atoms with Gasteiger partial charge in [0.1, 0.15) is 0 Å². The molecule has 0 radical (unpaired) electrons. The second-order valence-electron chi connectivity index (χ2n) is 2.53. The van der Waals surface area contributed by atoms with Gasteiger partial charge in [0.2, 0.25) is 0 Å². The van der Waals surface area contributed by atoms with Crippen LogP contribution in [0.2, 0.25) is 5.02 Å². The zero-order chi connectivity index (χ0) is 7.84. The standard InChI is InChI=1S/C8H8ClNO/c1-10-8(11-10)6-4-2-3-5-7(6)9/h2-5,8H,1H3. The van der Waals surface area contributed by atoms with Crippen LogP contribution in [0, 0.1) is 0 Å². The van der Waals surface area contributed by atoms with Gasteiger partial charge in [-0.05, 0) is 6.07 Å². The first-order valence-electron chi connectivity index (χ1n) is 3.43. The summed E-state index contributed by atoms with van der Waals surface area (Å²) in [4.78, 5) is 5.13. The monoisotopic (exact) mass is 169 g/mol. The second kappa shape index (κ2) is 2.48. The van der Waals surface area contributed by atoms with E-state index >= 15 is 0 Å². The van der Waals surface area contributed by atoms with Gasteiger partial charge in [0.15, 0.2) is 6.23 Å². The fourth-order valence-corrected chi connectivity index (χ4v) is 1.29. The van der Waals surface area contributed by atoms with Gasteiger partial charge in [-0.15, -0.1) is 0 Å². The van der Waals surface area contributed by atoms with Crippen LogP contribution in [0.3, 0.4) is 0 Å². The van der Waals surface area contributed by atoms with Gasteiger partial charge in [0, 0.05) is 17.6 Å². The van der Waals surface area contributed by atoms with E-state index in [1.165, 1.54) is 0 Å². The topological polar surface area (TPSA) is 15.5 Å². The highest BCUT2D eigenvalue weighted by molar-refractivity contribution is 6.31. The zero-order valence-corrected chi connectivity index (χ0v) is 6.88. The average Bonchev–Trinajstić information content (AvgIpc) is 2.68. The van der Waals surface area contributed by atoms with Gasteiger partial charge in [-0.25, -0.2) is 0 Å². The number of hydrogen-bond donors (Lipinski definition) is 0. The highest BCUT2D eigenvalue weighted by Crippen LogP contribution is 2.37. The molecule has 58 valence electrons. The van der Waals surface area contributed by atoms with Crippen LogP contribution in [0.1, 0.15) is 11.8 Å². The first kappa shape index (κ1) is 7.10. The fraction of sp³-hybridized carbons (Fsp3) is 0.250. The highest BCUT2D eigenvalue weighted by atomic mass is 35.5. The molecule has 0 spiro atoms. The van der Waals surface area contributed by atoms with Gasteiger partial charge in [-0.2, -0.15) is 5.06 Å². The molecule has 0 aromatic heterocycles. The molecule has 0 N–H and O–H groups in total. The molecule has 1 aliphatic heterocycles. The fourth-order valence-electron chi connectivity index (χ4n) is 1.06. The van der Waals surface area contributed by atoms with Crippen molar-refractivity contribution in [3.63, 3.8) is 0 Å². The Morgan fingerprint density at radius 3 is 2.64 bits per heavy atom. The third kappa shape index (κ3) is 1.25. The van der Waals surface area contributed by atoms with Crippen LogP contribution in [0.25, 0.3) is 0 Å². The second-order valence-corrected chi connectivity index (χ2v) is 2.93. The number of rotatable bonds is 1. The van der Waals surface area contributed by atoms with E-state index in [1.807, 2.05) is 31.3 Å². The van der Waals surface area contributed by atoms with Crippen LogP contribution in [0.5, 0.6) is 0 Å². The van der Waals surface area contributed by atoms with Crippen LogP contribution in [-0.2, 0) is 4.84 Å². The first-order valence-corrected chi connectivity index (χ1v) is 3.81. The molecule has 1 heterocycles. The van der Waals surface area contributed by atoms with Crippen molar-refractivity contribution in [3.8, 4) is 0 Å². The Morgan fingerprint density at radius 2 is 2.09 bits per heavy atom. The Morgan fingerprint density at radius 1 is 1.45 bits per heavy atom. The van der Waals surface area contributed by atoms with Crippen LogP contribution >= 0.6 is 11.6 Å². The van der Waals surface area contributed by atoms with E-state index in [1.54, 1.807) is 5.06 Å². The lowest BCUT2D eigenvalue weighted by molar-refractivity contribution is 0.233. The van der Waals surface area contributed by atoms with Crippen LogP contribution in [0.4, 0.5) is 0 Å². The Balaban J connectivity index is 2.31. The summed E-state index contributed by atoms with van der Waals surface area (Å²) >= 11 is 5.92. The van der Waals surface area contributed by atoms with E-state index in [0.717, 1.165) is 10.6 Å². The number of hydrogen-bond acceptors (Lipinski definition) is 2. The molecule has 1 aromatic carbocycles. The summed E-state index contributed by atoms with van der Waals surface area (Å²) < 4.78 is 0. The lowest BCUT2D eigenvalue weighted by atomic mass is 10.2. The van der Waals surface area contributed by atoms with Gasteiger partial charge >= 0.3 is 0 Å². The SMILES string of the molecule is CN1OC1c1ccccc1Cl. The summed E-state index contributed by atoms with van der Waals surface area (Å²) in [7, 11) is 1.88. The van der Waals surface area contributed by atoms with Crippen molar-refractivity contribution in [3.05, 3.63) is 34.9 Å². The van der Waals surface area contributed by atoms with Crippen molar-refractivity contribution >= 4 is 11.6 Å². The maximum Gasteiger partial charge on any atom is 0.181 e. The predicted octanol–water partition coefficient (Wildman–Crippen LogP) is 2.22. The Hall–Kier alpha value is -0.570. The third-order valence-electron chi connectivity index (χ3n) is 1.72. The molecule has 1 fully saturated rings. The minimum absolute atomic E-state index is 0.0729. The van der Waals surface area contributed by atoms with Crippen molar-refractivity contribution in [2.45, 2.75) is 6.23 Å². The maximum absolute atomic E-state index is 5.92. The molecule has 0 amide bonds. The van der Waals surface area contributed by atoms with Crippen LogP contribution in [0.15, 0.2) is 24.3 Å². The van der Waals surface area contributed by atoms with Crippen molar-refractivity contribution in [2.75, 3.05) is 7.05 Å². The molecule has 3 heteroatoms. The molecule has 1 aromatic rings. The summed E-state index contributed by atoms with van der Waals surface area (Å²) in [6, 6.07) is 7.70. The number of hydroxylamine groups is 2. The molecule has 0 aliphatic carbocycles. The molecule has 11 heavy (non-hydrogen) atoms. The van der Waals surface area contributed by atoms with Crippen molar-refractivity contribution in [1.82, 2.24) is 5.06 Å². The summed E-state index contributed by atoms with van der Waals surface area (Å²) in [5.74, 6) is 0. The number of benzene rings is 1. The molecular formula is C8H8ClNO. The average molecular weight is 170 g/mol. The summed E-state index contributed by atoms with van der Waals surface area (Å²) in [5, 5.41) is 2.53. The molecule has 1 aliphatic rings. The van der Waals surface area contributed by atoms with E-state index < -0.39 is 0 Å². The smallest absolute Gasteiger partial charge is 0.181 e. The Bertz CT molecular complexity index is 277. The minimum Gasteiger partial charge on any atom is -0.270 e. The molecule has 0 saturated carbocycles. The van der Waals surface area contributed by atoms with E-state index in [-0.39, 0.29) is 6.23 Å². The lowest BCUT2D eigenvalue weighted by Crippen LogP contribution is -1.88. The number of nitrogens with zero attached hydrogens (tertiary/aromatic N) is 1. The van der Waals surface area contributed by atoms with E-state index in [2.05, 4.69) is 0 Å². The lowest BCUT2D eigenvalue weighted by Gasteiger charge is -1.96. The minimum atomic E-state index is 0.0729. The number of halogens is 1. The van der Waals surface area contributed by atoms with Crippen LogP contribution < -0.4 is 0 Å². The van der Waals surface area contributed by atoms with E-state index in [9.17, 15) is 0 Å². The van der Waals surface area contributed by atoms with E-state index in [0.29, 0.717) is 0 Å². The predicted molar refractivity (Wildman–Crippen MR) is 43.0 cm³/mol. The van der Waals surface area contributed by atoms with Gasteiger partial charge in [0.25, 0.3) is 0 Å². The van der Waals surface area contributed by atoms with Crippen molar-refractivity contribution in [2.24, 2.45) is 0 Å². The maximum atomic E-state index is 5.92. The Kier molecular flexibility index (Phi) is 1.60. The highest BCUT2D eigenvalue weighted by Gasteiger charge is 2.35. The quantitative estimate of drug-likeness (QED) is 0.599. The molecule has 1 saturated heterocycles. The van der Waals surface area contributed by atoms with Gasteiger partial charge in [0.05, 0.1) is 0 Å². The largest absolute Gasteiger partial charge is 0.270 e. The van der Waals surface area contributed by atoms with Gasteiger partial charge in [-0.1, -0.05) is 29.8 Å². The van der Waals surface area contributed by atoms with Crippen LogP contribution in [-0.4, -0.2) is 12.1 Å². The zero-order valence-electron chi connectivity index (χ0n) is 6.12. The first-order chi connectivity index (χ1) is 5.29. The molecule has 2 nitrogen and oxygen atoms in total. The summed E-state index contributed by atoms with van der Waals surface area (Å²) in [6.07, 6.45) is 0.0729. The molecule has 2 atom stereocenters. The summed E-state index contributed by atoms with van der Waals surface area (Å²) in [6.45, 7) is 0. The molecule has 0 bridgehead atoms. The summed E-state index contributed by atoms with van der Waals surface area (Å²) in [5.41, 5.74) is 1.04. The van der Waals surface area contributed by atoms with E-state index in [4.69, 9.17) is 16.4 Å². The molecule has 2 rings (SSSR count).